The first kappa shape index (κ1) is 14.5. The zero-order valence-corrected chi connectivity index (χ0v) is 12.3. The standard InChI is InChI=1S/C16H26N2O/c1-4-15(18-11-10-14(12-18)19-3)16(17-2)13-8-6-5-7-9-13/h5-9,14-17H,4,10-12H2,1-3H3. The van der Waals surface area contributed by atoms with Gasteiger partial charge in [0.2, 0.25) is 0 Å². The number of nitrogens with zero attached hydrogens (tertiary/aromatic N) is 1. The molecule has 1 fully saturated rings. The molecule has 19 heavy (non-hydrogen) atoms. The van der Waals surface area contributed by atoms with Crippen LogP contribution in [-0.2, 0) is 4.74 Å². The summed E-state index contributed by atoms with van der Waals surface area (Å²) in [4.78, 5) is 2.57. The summed E-state index contributed by atoms with van der Waals surface area (Å²) < 4.78 is 5.49. The number of ether oxygens (including phenoxy) is 1. The molecule has 1 aromatic rings. The minimum atomic E-state index is 0.391. The Morgan fingerprint density at radius 3 is 2.63 bits per heavy atom. The van der Waals surface area contributed by atoms with Crippen LogP contribution in [0.2, 0.25) is 0 Å². The second kappa shape index (κ2) is 7.04. The third kappa shape index (κ3) is 3.35. The molecular weight excluding hydrogens is 236 g/mol. The molecule has 3 unspecified atom stereocenters. The van der Waals surface area contributed by atoms with E-state index in [-0.39, 0.29) is 0 Å². The van der Waals surface area contributed by atoms with Crippen LogP contribution >= 0.6 is 0 Å². The van der Waals surface area contributed by atoms with Crippen molar-refractivity contribution in [3.05, 3.63) is 35.9 Å². The first-order chi connectivity index (χ1) is 9.30. The van der Waals surface area contributed by atoms with E-state index in [1.807, 2.05) is 7.11 Å². The minimum Gasteiger partial charge on any atom is -0.380 e. The number of benzene rings is 1. The minimum absolute atomic E-state index is 0.391. The fourth-order valence-corrected chi connectivity index (χ4v) is 3.19. The Hall–Kier alpha value is -0.900. The molecule has 3 heteroatoms. The zero-order valence-electron chi connectivity index (χ0n) is 12.3. The fraction of sp³-hybridized carbons (Fsp3) is 0.625. The molecule has 1 N–H and O–H groups in total. The molecule has 0 spiro atoms. The number of methoxy groups -OCH3 is 1. The second-order valence-corrected chi connectivity index (χ2v) is 5.29. The SMILES string of the molecule is CCC(C(NC)c1ccccc1)N1CCC(OC)C1. The predicted octanol–water partition coefficient (Wildman–Crippen LogP) is 2.45. The van der Waals surface area contributed by atoms with Gasteiger partial charge >= 0.3 is 0 Å². The molecule has 106 valence electrons. The Kier molecular flexibility index (Phi) is 5.37. The van der Waals surface area contributed by atoms with E-state index in [2.05, 4.69) is 54.5 Å². The molecule has 2 rings (SSSR count). The molecule has 0 aliphatic carbocycles. The van der Waals surface area contributed by atoms with Crippen molar-refractivity contribution in [1.82, 2.24) is 10.2 Å². The van der Waals surface area contributed by atoms with Gasteiger partial charge in [-0.15, -0.1) is 0 Å². The lowest BCUT2D eigenvalue weighted by molar-refractivity contribution is 0.0948. The highest BCUT2D eigenvalue weighted by Crippen LogP contribution is 2.26. The van der Waals surface area contributed by atoms with E-state index in [1.165, 1.54) is 5.56 Å². The third-order valence-corrected chi connectivity index (χ3v) is 4.25. The lowest BCUT2D eigenvalue weighted by Crippen LogP contribution is -2.42. The number of nitrogens with one attached hydrogen (secondary N) is 1. The van der Waals surface area contributed by atoms with Gasteiger partial charge in [0.25, 0.3) is 0 Å². The maximum absolute atomic E-state index is 5.49. The van der Waals surface area contributed by atoms with Crippen LogP contribution in [0.15, 0.2) is 30.3 Å². The van der Waals surface area contributed by atoms with Crippen LogP contribution in [0.4, 0.5) is 0 Å². The van der Waals surface area contributed by atoms with E-state index in [9.17, 15) is 0 Å². The highest BCUT2D eigenvalue weighted by molar-refractivity contribution is 5.20. The van der Waals surface area contributed by atoms with Crippen molar-refractivity contribution in [3.8, 4) is 0 Å². The van der Waals surface area contributed by atoms with Crippen LogP contribution in [0, 0.1) is 0 Å². The Bertz CT molecular complexity index is 368. The molecule has 1 saturated heterocycles. The number of likely N-dealkylation sites (N-methyl/N-ethyl adjacent to an activating group) is 1. The molecule has 1 aliphatic heterocycles. The average molecular weight is 262 g/mol. The summed E-state index contributed by atoms with van der Waals surface area (Å²) in [5.74, 6) is 0. The Balaban J connectivity index is 2.11. The molecule has 3 atom stereocenters. The van der Waals surface area contributed by atoms with Crippen LogP contribution < -0.4 is 5.32 Å². The van der Waals surface area contributed by atoms with Crippen molar-refractivity contribution in [2.45, 2.75) is 38.0 Å². The van der Waals surface area contributed by atoms with Crippen molar-refractivity contribution >= 4 is 0 Å². The van der Waals surface area contributed by atoms with Gasteiger partial charge < -0.3 is 10.1 Å². The van der Waals surface area contributed by atoms with Gasteiger partial charge in [0.15, 0.2) is 0 Å². The molecular formula is C16H26N2O. The van der Waals surface area contributed by atoms with Crippen molar-refractivity contribution in [2.24, 2.45) is 0 Å². The average Bonchev–Trinajstić information content (AvgIpc) is 2.94. The third-order valence-electron chi connectivity index (χ3n) is 4.25. The first-order valence-electron chi connectivity index (χ1n) is 7.29. The van der Waals surface area contributed by atoms with Crippen molar-refractivity contribution in [1.29, 1.82) is 0 Å². The molecule has 3 nitrogen and oxygen atoms in total. The Morgan fingerprint density at radius 1 is 1.37 bits per heavy atom. The molecule has 1 heterocycles. The summed E-state index contributed by atoms with van der Waals surface area (Å²) in [7, 11) is 3.88. The number of hydrogen-bond donors (Lipinski definition) is 1. The first-order valence-corrected chi connectivity index (χ1v) is 7.29. The van der Waals surface area contributed by atoms with Crippen LogP contribution in [0.25, 0.3) is 0 Å². The largest absolute Gasteiger partial charge is 0.380 e. The predicted molar refractivity (Wildman–Crippen MR) is 79.3 cm³/mol. The zero-order chi connectivity index (χ0) is 13.7. The van der Waals surface area contributed by atoms with E-state index in [4.69, 9.17) is 4.74 Å². The van der Waals surface area contributed by atoms with E-state index in [1.54, 1.807) is 0 Å². The summed E-state index contributed by atoms with van der Waals surface area (Å²) >= 11 is 0. The summed E-state index contributed by atoms with van der Waals surface area (Å²) in [6.45, 7) is 4.47. The fourth-order valence-electron chi connectivity index (χ4n) is 3.19. The summed E-state index contributed by atoms with van der Waals surface area (Å²) in [5.41, 5.74) is 1.37. The monoisotopic (exact) mass is 262 g/mol. The van der Waals surface area contributed by atoms with Gasteiger partial charge in [-0.1, -0.05) is 37.3 Å². The quantitative estimate of drug-likeness (QED) is 0.852. The number of rotatable bonds is 6. The maximum Gasteiger partial charge on any atom is 0.0710 e. The van der Waals surface area contributed by atoms with Crippen LogP contribution in [0.1, 0.15) is 31.4 Å². The lowest BCUT2D eigenvalue weighted by atomic mass is 9.96. The molecule has 1 aliphatic rings. The molecule has 0 bridgehead atoms. The molecule has 0 saturated carbocycles. The summed E-state index contributed by atoms with van der Waals surface area (Å²) in [6, 6.07) is 11.7. The summed E-state index contributed by atoms with van der Waals surface area (Å²) in [6.07, 6.45) is 2.71. The van der Waals surface area contributed by atoms with Gasteiger partial charge in [0.1, 0.15) is 0 Å². The van der Waals surface area contributed by atoms with Crippen molar-refractivity contribution < 1.29 is 4.74 Å². The second-order valence-electron chi connectivity index (χ2n) is 5.29. The maximum atomic E-state index is 5.49. The number of hydrogen-bond acceptors (Lipinski definition) is 3. The van der Waals surface area contributed by atoms with Crippen molar-refractivity contribution in [2.75, 3.05) is 27.2 Å². The molecule has 1 aromatic carbocycles. The van der Waals surface area contributed by atoms with E-state index in [0.29, 0.717) is 18.2 Å². The van der Waals surface area contributed by atoms with E-state index < -0.39 is 0 Å². The molecule has 0 amide bonds. The van der Waals surface area contributed by atoms with Crippen LogP contribution in [0.3, 0.4) is 0 Å². The van der Waals surface area contributed by atoms with Crippen LogP contribution in [0.5, 0.6) is 0 Å². The number of likely N-dealkylation sites (tertiary alicyclic amines) is 1. The molecule has 0 aromatic heterocycles. The summed E-state index contributed by atoms with van der Waals surface area (Å²) in [5, 5.41) is 3.50. The highest BCUT2D eigenvalue weighted by Gasteiger charge is 2.32. The van der Waals surface area contributed by atoms with E-state index in [0.717, 1.165) is 25.9 Å². The topological polar surface area (TPSA) is 24.5 Å². The van der Waals surface area contributed by atoms with Gasteiger partial charge in [-0.25, -0.2) is 0 Å². The lowest BCUT2D eigenvalue weighted by Gasteiger charge is -2.34. The van der Waals surface area contributed by atoms with E-state index >= 15 is 0 Å². The van der Waals surface area contributed by atoms with Gasteiger partial charge in [0, 0.05) is 32.3 Å². The van der Waals surface area contributed by atoms with Crippen LogP contribution in [-0.4, -0.2) is 44.3 Å². The highest BCUT2D eigenvalue weighted by atomic mass is 16.5. The Morgan fingerprint density at radius 2 is 2.11 bits per heavy atom. The van der Waals surface area contributed by atoms with Crippen molar-refractivity contribution in [3.63, 3.8) is 0 Å². The normalized spacial score (nSPS) is 23.4. The van der Waals surface area contributed by atoms with Gasteiger partial charge in [-0.05, 0) is 25.5 Å². The molecule has 0 radical (unpaired) electrons. The Labute approximate surface area is 116 Å². The van der Waals surface area contributed by atoms with Gasteiger partial charge in [-0.2, -0.15) is 0 Å². The van der Waals surface area contributed by atoms with Gasteiger partial charge in [0.05, 0.1) is 6.10 Å². The smallest absolute Gasteiger partial charge is 0.0710 e. The van der Waals surface area contributed by atoms with Gasteiger partial charge in [-0.3, -0.25) is 4.90 Å².